The Labute approximate surface area is 81.1 Å². The second-order valence-electron chi connectivity index (χ2n) is 2.54. The third kappa shape index (κ3) is 1.97. The maximum atomic E-state index is 10.8. The monoisotopic (exact) mass is 194 g/mol. The standard InChI is InChI=1S/C8H4O3.C2H6O/c9-7-5-3-1-2-4-6(5)8(10)11-7;1-2-3/h1-4H;3H,2H2,1H3. The molecule has 0 aliphatic carbocycles. The van der Waals surface area contributed by atoms with Crippen molar-refractivity contribution >= 4 is 11.9 Å². The van der Waals surface area contributed by atoms with Crippen LogP contribution in [-0.4, -0.2) is 23.7 Å². The first kappa shape index (κ1) is 10.4. The van der Waals surface area contributed by atoms with Crippen LogP contribution in [0.15, 0.2) is 24.3 Å². The number of benzene rings is 1. The van der Waals surface area contributed by atoms with Crippen molar-refractivity contribution in [2.75, 3.05) is 6.61 Å². The third-order valence-corrected chi connectivity index (χ3v) is 1.55. The Bertz CT molecular complexity index is 324. The molecule has 0 radical (unpaired) electrons. The Hall–Kier alpha value is -1.68. The summed E-state index contributed by atoms with van der Waals surface area (Å²) >= 11 is 0. The van der Waals surface area contributed by atoms with Gasteiger partial charge in [0.1, 0.15) is 0 Å². The zero-order valence-corrected chi connectivity index (χ0v) is 7.69. The van der Waals surface area contributed by atoms with Gasteiger partial charge < -0.3 is 9.84 Å². The predicted octanol–water partition coefficient (Wildman–Crippen LogP) is 0.996. The molecule has 1 aromatic carbocycles. The average molecular weight is 194 g/mol. The molecule has 2 rings (SSSR count). The van der Waals surface area contributed by atoms with Crippen LogP contribution in [-0.2, 0) is 4.74 Å². The van der Waals surface area contributed by atoms with Gasteiger partial charge in [-0.05, 0) is 19.1 Å². The summed E-state index contributed by atoms with van der Waals surface area (Å²) in [5, 5.41) is 7.57. The van der Waals surface area contributed by atoms with Crippen molar-refractivity contribution in [3.05, 3.63) is 35.4 Å². The molecular formula is C10H10O4. The number of fused-ring (bicyclic) bond motifs is 1. The summed E-state index contributed by atoms with van der Waals surface area (Å²) in [6, 6.07) is 6.53. The first-order chi connectivity index (χ1) is 6.70. The number of aliphatic hydroxyl groups excluding tert-OH is 1. The lowest BCUT2D eigenvalue weighted by Gasteiger charge is -1.86. The SMILES string of the molecule is CCO.O=C1OC(=O)c2ccccc21. The summed E-state index contributed by atoms with van der Waals surface area (Å²) in [5.74, 6) is -1.10. The third-order valence-electron chi connectivity index (χ3n) is 1.55. The fraction of sp³-hybridized carbons (Fsp3) is 0.200. The quantitative estimate of drug-likeness (QED) is 0.494. The molecule has 0 amide bonds. The molecule has 4 nitrogen and oxygen atoms in total. The van der Waals surface area contributed by atoms with Gasteiger partial charge in [-0.1, -0.05) is 12.1 Å². The minimum absolute atomic E-state index is 0.250. The van der Waals surface area contributed by atoms with Crippen molar-refractivity contribution in [1.82, 2.24) is 0 Å². The van der Waals surface area contributed by atoms with Gasteiger partial charge in [0.2, 0.25) is 0 Å². The molecule has 4 heteroatoms. The topological polar surface area (TPSA) is 63.6 Å². The van der Waals surface area contributed by atoms with E-state index in [0.29, 0.717) is 11.1 Å². The second kappa shape index (κ2) is 4.53. The van der Waals surface area contributed by atoms with Crippen molar-refractivity contribution in [3.63, 3.8) is 0 Å². The largest absolute Gasteiger partial charge is 0.397 e. The minimum Gasteiger partial charge on any atom is -0.397 e. The molecular weight excluding hydrogens is 184 g/mol. The maximum absolute atomic E-state index is 10.8. The van der Waals surface area contributed by atoms with E-state index in [1.807, 2.05) is 0 Å². The zero-order chi connectivity index (χ0) is 10.6. The summed E-state index contributed by atoms with van der Waals surface area (Å²) in [5.41, 5.74) is 0.718. The highest BCUT2D eigenvalue weighted by atomic mass is 16.6. The van der Waals surface area contributed by atoms with Crippen LogP contribution in [0.2, 0.25) is 0 Å². The molecule has 0 atom stereocenters. The number of cyclic esters (lactones) is 2. The normalized spacial score (nSPS) is 12.7. The minimum atomic E-state index is -0.550. The van der Waals surface area contributed by atoms with Crippen LogP contribution in [0.4, 0.5) is 0 Å². The maximum Gasteiger partial charge on any atom is 0.346 e. The highest BCUT2D eigenvalue weighted by Crippen LogP contribution is 2.18. The van der Waals surface area contributed by atoms with E-state index in [2.05, 4.69) is 4.74 Å². The highest BCUT2D eigenvalue weighted by Gasteiger charge is 2.28. The molecule has 1 aliphatic heterocycles. The molecule has 1 heterocycles. The van der Waals surface area contributed by atoms with E-state index in [1.165, 1.54) is 0 Å². The molecule has 0 fully saturated rings. The van der Waals surface area contributed by atoms with Gasteiger partial charge >= 0.3 is 11.9 Å². The van der Waals surface area contributed by atoms with Crippen LogP contribution in [0.25, 0.3) is 0 Å². The molecule has 0 saturated carbocycles. The molecule has 1 N–H and O–H groups in total. The lowest BCUT2D eigenvalue weighted by molar-refractivity contribution is 0.0444. The Kier molecular flexibility index (Phi) is 3.36. The number of rotatable bonds is 0. The van der Waals surface area contributed by atoms with E-state index in [0.717, 1.165) is 0 Å². The van der Waals surface area contributed by atoms with E-state index in [1.54, 1.807) is 31.2 Å². The van der Waals surface area contributed by atoms with Gasteiger partial charge in [0.15, 0.2) is 0 Å². The smallest absolute Gasteiger partial charge is 0.346 e. The van der Waals surface area contributed by atoms with Gasteiger partial charge in [-0.3, -0.25) is 0 Å². The van der Waals surface area contributed by atoms with Gasteiger partial charge in [0.05, 0.1) is 11.1 Å². The van der Waals surface area contributed by atoms with Crippen LogP contribution >= 0.6 is 0 Å². The van der Waals surface area contributed by atoms with Crippen molar-refractivity contribution in [2.45, 2.75) is 6.92 Å². The number of esters is 2. The van der Waals surface area contributed by atoms with Crippen molar-refractivity contribution in [3.8, 4) is 0 Å². The number of hydrogen-bond donors (Lipinski definition) is 1. The van der Waals surface area contributed by atoms with Crippen LogP contribution in [0.3, 0.4) is 0 Å². The van der Waals surface area contributed by atoms with Crippen molar-refractivity contribution in [2.24, 2.45) is 0 Å². The highest BCUT2D eigenvalue weighted by molar-refractivity contribution is 6.14. The van der Waals surface area contributed by atoms with Crippen LogP contribution < -0.4 is 0 Å². The zero-order valence-electron chi connectivity index (χ0n) is 7.69. The van der Waals surface area contributed by atoms with E-state index in [9.17, 15) is 9.59 Å². The van der Waals surface area contributed by atoms with Crippen LogP contribution in [0.5, 0.6) is 0 Å². The summed E-state index contributed by atoms with van der Waals surface area (Å²) in [7, 11) is 0. The van der Waals surface area contributed by atoms with Crippen molar-refractivity contribution < 1.29 is 19.4 Å². The lowest BCUT2D eigenvalue weighted by Crippen LogP contribution is -1.96. The Morgan fingerprint density at radius 2 is 1.50 bits per heavy atom. The fourth-order valence-corrected chi connectivity index (χ4v) is 1.03. The van der Waals surface area contributed by atoms with E-state index in [-0.39, 0.29) is 6.61 Å². The summed E-state index contributed by atoms with van der Waals surface area (Å²) in [6.07, 6.45) is 0. The molecule has 0 aromatic heterocycles. The van der Waals surface area contributed by atoms with Gasteiger partial charge in [-0.15, -0.1) is 0 Å². The number of aliphatic hydroxyl groups is 1. The van der Waals surface area contributed by atoms with E-state index >= 15 is 0 Å². The molecule has 0 unspecified atom stereocenters. The summed E-state index contributed by atoms with van der Waals surface area (Å²) < 4.78 is 4.35. The lowest BCUT2D eigenvalue weighted by atomic mass is 10.1. The molecule has 0 saturated heterocycles. The Morgan fingerprint density at radius 3 is 1.86 bits per heavy atom. The van der Waals surface area contributed by atoms with Gasteiger partial charge in [-0.25, -0.2) is 9.59 Å². The predicted molar refractivity (Wildman–Crippen MR) is 48.9 cm³/mol. The van der Waals surface area contributed by atoms with Gasteiger partial charge in [-0.2, -0.15) is 0 Å². The molecule has 14 heavy (non-hydrogen) atoms. The van der Waals surface area contributed by atoms with Gasteiger partial charge in [0.25, 0.3) is 0 Å². The number of carbonyl (C=O) groups excluding carboxylic acids is 2. The number of ether oxygens (including phenoxy) is 1. The molecule has 74 valence electrons. The van der Waals surface area contributed by atoms with Gasteiger partial charge in [0, 0.05) is 6.61 Å². The van der Waals surface area contributed by atoms with E-state index < -0.39 is 11.9 Å². The molecule has 1 aromatic rings. The summed E-state index contributed by atoms with van der Waals surface area (Å²) in [4.78, 5) is 21.7. The van der Waals surface area contributed by atoms with Crippen LogP contribution in [0.1, 0.15) is 27.6 Å². The number of hydrogen-bond acceptors (Lipinski definition) is 4. The first-order valence-electron chi connectivity index (χ1n) is 4.17. The first-order valence-corrected chi connectivity index (χ1v) is 4.17. The van der Waals surface area contributed by atoms with Crippen LogP contribution in [0, 0.1) is 0 Å². The van der Waals surface area contributed by atoms with Crippen molar-refractivity contribution in [1.29, 1.82) is 0 Å². The van der Waals surface area contributed by atoms with E-state index in [4.69, 9.17) is 5.11 Å². The summed E-state index contributed by atoms with van der Waals surface area (Å²) in [6.45, 7) is 1.93. The molecule has 1 aliphatic rings. The second-order valence-corrected chi connectivity index (χ2v) is 2.54. The Balaban J connectivity index is 0.000000293. The average Bonchev–Trinajstić information content (AvgIpc) is 2.45. The number of carbonyl (C=O) groups is 2. The molecule has 0 spiro atoms. The Morgan fingerprint density at radius 1 is 1.14 bits per heavy atom. The molecule has 0 bridgehead atoms. The fourth-order valence-electron chi connectivity index (χ4n) is 1.03.